The third-order valence-electron chi connectivity index (χ3n) is 6.70. The fourth-order valence-electron chi connectivity index (χ4n) is 4.19. The van der Waals surface area contributed by atoms with E-state index in [4.69, 9.17) is 11.5 Å². The molecule has 0 spiro atoms. The van der Waals surface area contributed by atoms with Gasteiger partial charge in [-0.25, -0.2) is 0 Å². The molecule has 0 atom stereocenters. The Morgan fingerprint density at radius 3 is 1.73 bits per heavy atom. The van der Waals surface area contributed by atoms with E-state index in [1.54, 1.807) is 0 Å². The van der Waals surface area contributed by atoms with Crippen LogP contribution < -0.4 is 11.5 Å². The molecule has 30 heavy (non-hydrogen) atoms. The molecule has 0 amide bonds. The van der Waals surface area contributed by atoms with Crippen LogP contribution in [0.5, 0.6) is 0 Å². The lowest BCUT2D eigenvalue weighted by Gasteiger charge is -2.32. The van der Waals surface area contributed by atoms with Crippen molar-refractivity contribution in [3.05, 3.63) is 94.0 Å². The molecule has 0 radical (unpaired) electrons. The van der Waals surface area contributed by atoms with Crippen molar-refractivity contribution in [2.45, 2.75) is 65.2 Å². The maximum absolute atomic E-state index is 6.38. The topological polar surface area (TPSA) is 52.0 Å². The van der Waals surface area contributed by atoms with E-state index in [0.29, 0.717) is 5.92 Å². The van der Waals surface area contributed by atoms with E-state index < -0.39 is 0 Å². The van der Waals surface area contributed by atoms with Crippen molar-refractivity contribution >= 4 is 11.4 Å². The highest BCUT2D eigenvalue weighted by molar-refractivity contribution is 5.58. The predicted octanol–water partition coefficient (Wildman–Crippen LogP) is 6.93. The van der Waals surface area contributed by atoms with Crippen LogP contribution in [0.1, 0.15) is 80.8 Å². The lowest BCUT2D eigenvalue weighted by atomic mass is 9.72. The molecule has 0 aliphatic rings. The summed E-state index contributed by atoms with van der Waals surface area (Å²) in [7, 11) is 0. The standard InChI is InChI=1S/C28H36N2/c1-18(2)25-17-23(15-19(3)26(25)30)28(6,7)22-10-8-9-21(16-22)27(4,5)20-11-13-24(29)14-12-20/h8-18H,29-30H2,1-7H3. The SMILES string of the molecule is Cc1cc(C(C)(C)c2cccc(C(C)(C)c3ccc(N)cc3)c2)cc(C(C)C)c1N. The lowest BCUT2D eigenvalue weighted by molar-refractivity contribution is 0.616. The maximum Gasteiger partial charge on any atom is 0.0379 e. The number of nitrogens with two attached hydrogens (primary N) is 2. The van der Waals surface area contributed by atoms with Gasteiger partial charge in [0.15, 0.2) is 0 Å². The van der Waals surface area contributed by atoms with Crippen LogP contribution in [0.2, 0.25) is 0 Å². The van der Waals surface area contributed by atoms with Crippen molar-refractivity contribution in [3.63, 3.8) is 0 Å². The van der Waals surface area contributed by atoms with E-state index >= 15 is 0 Å². The van der Waals surface area contributed by atoms with Crippen molar-refractivity contribution in [2.24, 2.45) is 0 Å². The highest BCUT2D eigenvalue weighted by Gasteiger charge is 2.28. The van der Waals surface area contributed by atoms with Gasteiger partial charge in [0.2, 0.25) is 0 Å². The molecule has 2 nitrogen and oxygen atoms in total. The normalized spacial score (nSPS) is 12.4. The number of anilines is 2. The summed E-state index contributed by atoms with van der Waals surface area (Å²) in [4.78, 5) is 0. The van der Waals surface area contributed by atoms with Crippen LogP contribution >= 0.6 is 0 Å². The van der Waals surface area contributed by atoms with Gasteiger partial charge in [-0.1, -0.05) is 90.1 Å². The summed E-state index contributed by atoms with van der Waals surface area (Å²) in [6.07, 6.45) is 0. The minimum Gasteiger partial charge on any atom is -0.399 e. The van der Waals surface area contributed by atoms with Gasteiger partial charge in [0, 0.05) is 22.2 Å². The Morgan fingerprint density at radius 2 is 1.20 bits per heavy atom. The summed E-state index contributed by atoms with van der Waals surface area (Å²) in [6, 6.07) is 21.8. The Labute approximate surface area is 182 Å². The van der Waals surface area contributed by atoms with Crippen LogP contribution in [0.4, 0.5) is 11.4 Å². The molecule has 3 aromatic rings. The van der Waals surface area contributed by atoms with E-state index in [2.05, 4.69) is 97.0 Å². The van der Waals surface area contributed by atoms with Crippen LogP contribution in [0.25, 0.3) is 0 Å². The van der Waals surface area contributed by atoms with Crippen molar-refractivity contribution in [3.8, 4) is 0 Å². The van der Waals surface area contributed by atoms with Crippen molar-refractivity contribution in [2.75, 3.05) is 11.5 Å². The number of rotatable bonds is 5. The molecule has 0 aliphatic carbocycles. The van der Waals surface area contributed by atoms with Crippen LogP contribution in [0.3, 0.4) is 0 Å². The molecule has 0 unspecified atom stereocenters. The largest absolute Gasteiger partial charge is 0.399 e. The van der Waals surface area contributed by atoms with Gasteiger partial charge in [-0.05, 0) is 58.4 Å². The van der Waals surface area contributed by atoms with Gasteiger partial charge in [0.05, 0.1) is 0 Å². The van der Waals surface area contributed by atoms with E-state index in [0.717, 1.165) is 16.9 Å². The molecule has 0 saturated carbocycles. The zero-order valence-electron chi connectivity index (χ0n) is 19.5. The summed E-state index contributed by atoms with van der Waals surface area (Å²) in [5, 5.41) is 0. The molecular weight excluding hydrogens is 364 g/mol. The van der Waals surface area contributed by atoms with E-state index in [-0.39, 0.29) is 10.8 Å². The Morgan fingerprint density at radius 1 is 0.667 bits per heavy atom. The number of aryl methyl sites for hydroxylation is 1. The molecule has 0 bridgehead atoms. The average Bonchev–Trinajstić information content (AvgIpc) is 2.70. The highest BCUT2D eigenvalue weighted by Crippen LogP contribution is 2.39. The second-order valence-electron chi connectivity index (χ2n) is 9.90. The Bertz CT molecular complexity index is 1040. The molecule has 4 N–H and O–H groups in total. The van der Waals surface area contributed by atoms with E-state index in [1.807, 2.05) is 12.1 Å². The summed E-state index contributed by atoms with van der Waals surface area (Å²) in [6.45, 7) is 15.7. The predicted molar refractivity (Wildman–Crippen MR) is 131 cm³/mol. The van der Waals surface area contributed by atoms with Crippen molar-refractivity contribution < 1.29 is 0 Å². The van der Waals surface area contributed by atoms with Gasteiger partial charge >= 0.3 is 0 Å². The summed E-state index contributed by atoms with van der Waals surface area (Å²) in [5.74, 6) is 0.398. The van der Waals surface area contributed by atoms with Crippen molar-refractivity contribution in [1.29, 1.82) is 0 Å². The van der Waals surface area contributed by atoms with Gasteiger partial charge in [-0.2, -0.15) is 0 Å². The third kappa shape index (κ3) is 3.96. The summed E-state index contributed by atoms with van der Waals surface area (Å²) >= 11 is 0. The number of benzene rings is 3. The average molecular weight is 401 g/mol. The summed E-state index contributed by atoms with van der Waals surface area (Å²) in [5.41, 5.74) is 21.3. The van der Waals surface area contributed by atoms with Gasteiger partial charge in [0.25, 0.3) is 0 Å². The molecule has 3 rings (SSSR count). The first-order valence-electron chi connectivity index (χ1n) is 10.8. The van der Waals surface area contributed by atoms with Gasteiger partial charge < -0.3 is 11.5 Å². The molecule has 0 heterocycles. The summed E-state index contributed by atoms with van der Waals surface area (Å²) < 4.78 is 0. The first-order valence-corrected chi connectivity index (χ1v) is 10.8. The van der Waals surface area contributed by atoms with E-state index in [9.17, 15) is 0 Å². The van der Waals surface area contributed by atoms with Gasteiger partial charge in [-0.15, -0.1) is 0 Å². The third-order valence-corrected chi connectivity index (χ3v) is 6.70. The molecule has 0 aliphatic heterocycles. The van der Waals surface area contributed by atoms with Crippen LogP contribution in [-0.2, 0) is 10.8 Å². The Hall–Kier alpha value is -2.74. The number of nitrogen functional groups attached to an aromatic ring is 2. The molecule has 158 valence electrons. The van der Waals surface area contributed by atoms with Crippen LogP contribution in [-0.4, -0.2) is 0 Å². The second-order valence-corrected chi connectivity index (χ2v) is 9.90. The number of hydrogen-bond donors (Lipinski definition) is 2. The van der Waals surface area contributed by atoms with Crippen molar-refractivity contribution in [1.82, 2.24) is 0 Å². The minimum absolute atomic E-state index is 0.111. The fourth-order valence-corrected chi connectivity index (χ4v) is 4.19. The van der Waals surface area contributed by atoms with E-state index in [1.165, 1.54) is 27.8 Å². The van der Waals surface area contributed by atoms with Crippen LogP contribution in [0, 0.1) is 6.92 Å². The second kappa shape index (κ2) is 7.83. The number of hydrogen-bond acceptors (Lipinski definition) is 2. The monoisotopic (exact) mass is 400 g/mol. The molecular formula is C28H36N2. The van der Waals surface area contributed by atoms with Crippen LogP contribution in [0.15, 0.2) is 60.7 Å². The van der Waals surface area contributed by atoms with Gasteiger partial charge in [0.1, 0.15) is 0 Å². The molecule has 3 aromatic carbocycles. The minimum atomic E-state index is -0.130. The zero-order chi connectivity index (χ0) is 22.3. The highest BCUT2D eigenvalue weighted by atomic mass is 14.6. The fraction of sp³-hybridized carbons (Fsp3) is 0.357. The zero-order valence-corrected chi connectivity index (χ0v) is 19.5. The first kappa shape index (κ1) is 22.0. The molecule has 2 heteroatoms. The molecule has 0 saturated heterocycles. The smallest absolute Gasteiger partial charge is 0.0379 e. The molecule has 0 aromatic heterocycles. The quantitative estimate of drug-likeness (QED) is 0.456. The Kier molecular flexibility index (Phi) is 5.73. The molecule has 0 fully saturated rings. The van der Waals surface area contributed by atoms with Gasteiger partial charge in [-0.3, -0.25) is 0 Å². The maximum atomic E-state index is 6.38. The Balaban J connectivity index is 2.08. The lowest BCUT2D eigenvalue weighted by Crippen LogP contribution is -2.23. The first-order chi connectivity index (χ1) is 13.9.